The molecule has 3 N–H and O–H groups in total. The van der Waals surface area contributed by atoms with E-state index in [1.807, 2.05) is 30.3 Å². The molecule has 5 heteroatoms. The number of nitrogens with one attached hydrogen (secondary N) is 1. The summed E-state index contributed by atoms with van der Waals surface area (Å²) in [6.45, 7) is 0.509. The highest BCUT2D eigenvalue weighted by atomic mass is 127. The zero-order valence-corrected chi connectivity index (χ0v) is 13.6. The van der Waals surface area contributed by atoms with Crippen molar-refractivity contribution in [3.63, 3.8) is 0 Å². The van der Waals surface area contributed by atoms with Gasteiger partial charge < -0.3 is 11.1 Å². The molecule has 0 heterocycles. The van der Waals surface area contributed by atoms with Gasteiger partial charge in [-0.3, -0.25) is 4.79 Å². The van der Waals surface area contributed by atoms with Gasteiger partial charge in [0.2, 0.25) is 0 Å². The lowest BCUT2D eigenvalue weighted by molar-refractivity contribution is 0.102. The van der Waals surface area contributed by atoms with Crippen LogP contribution < -0.4 is 11.1 Å². The first-order valence-corrected chi connectivity index (χ1v) is 7.62. The predicted molar refractivity (Wildman–Crippen MR) is 91.3 cm³/mol. The number of halogens is 2. The molecule has 0 atom stereocenters. The maximum atomic E-state index is 12.3. The number of hydrogen-bond donors (Lipinski definition) is 2. The van der Waals surface area contributed by atoms with E-state index in [9.17, 15) is 4.79 Å². The Kier molecular flexibility index (Phi) is 5.39. The highest BCUT2D eigenvalue weighted by molar-refractivity contribution is 14.1. The minimum absolute atomic E-state index is 0.169. The summed E-state index contributed by atoms with van der Waals surface area (Å²) in [5.41, 5.74) is 7.75. The zero-order chi connectivity index (χ0) is 14.5. The van der Waals surface area contributed by atoms with Gasteiger partial charge in [0.15, 0.2) is 0 Å². The van der Waals surface area contributed by atoms with Gasteiger partial charge in [-0.2, -0.15) is 0 Å². The zero-order valence-electron chi connectivity index (χ0n) is 10.7. The van der Waals surface area contributed by atoms with Crippen molar-refractivity contribution in [3.05, 3.63) is 62.2 Å². The van der Waals surface area contributed by atoms with Crippen molar-refractivity contribution in [2.45, 2.75) is 6.42 Å². The summed E-state index contributed by atoms with van der Waals surface area (Å²) in [5.74, 6) is -0.169. The van der Waals surface area contributed by atoms with Gasteiger partial charge in [-0.25, -0.2) is 0 Å². The molecular weight excluding hydrogens is 387 g/mol. The monoisotopic (exact) mass is 400 g/mol. The van der Waals surface area contributed by atoms with E-state index in [-0.39, 0.29) is 5.91 Å². The van der Waals surface area contributed by atoms with Crippen LogP contribution in [-0.4, -0.2) is 12.5 Å². The van der Waals surface area contributed by atoms with Crippen LogP contribution in [-0.2, 0) is 6.42 Å². The van der Waals surface area contributed by atoms with Gasteiger partial charge in [0.05, 0.1) is 10.7 Å². The van der Waals surface area contributed by atoms with Crippen molar-refractivity contribution in [2.75, 3.05) is 11.9 Å². The van der Waals surface area contributed by atoms with Crippen LogP contribution in [0, 0.1) is 3.57 Å². The number of benzene rings is 2. The lowest BCUT2D eigenvalue weighted by Crippen LogP contribution is -2.16. The quantitative estimate of drug-likeness (QED) is 0.769. The summed E-state index contributed by atoms with van der Waals surface area (Å²) >= 11 is 8.30. The summed E-state index contributed by atoms with van der Waals surface area (Å²) in [6.07, 6.45) is 0.671. The Bertz CT molecular complexity index is 631. The Hall–Kier alpha value is -1.11. The molecule has 0 aliphatic heterocycles. The van der Waals surface area contributed by atoms with E-state index in [1.165, 1.54) is 0 Å². The van der Waals surface area contributed by atoms with Gasteiger partial charge in [0, 0.05) is 9.13 Å². The van der Waals surface area contributed by atoms with Crippen molar-refractivity contribution in [3.8, 4) is 0 Å². The molecule has 0 spiro atoms. The van der Waals surface area contributed by atoms with Gasteiger partial charge in [-0.05, 0) is 65.4 Å². The van der Waals surface area contributed by atoms with Crippen molar-refractivity contribution in [1.82, 2.24) is 0 Å². The molecule has 0 bridgehead atoms. The predicted octanol–water partition coefficient (Wildman–Crippen LogP) is 3.70. The highest BCUT2D eigenvalue weighted by Crippen LogP contribution is 2.24. The lowest BCUT2D eigenvalue weighted by atomic mass is 10.0. The Morgan fingerprint density at radius 1 is 1.25 bits per heavy atom. The van der Waals surface area contributed by atoms with Crippen molar-refractivity contribution in [2.24, 2.45) is 5.73 Å². The summed E-state index contributed by atoms with van der Waals surface area (Å²) in [5, 5.41) is 3.37. The molecule has 0 saturated heterocycles. The second kappa shape index (κ2) is 7.06. The van der Waals surface area contributed by atoms with E-state index >= 15 is 0 Å². The van der Waals surface area contributed by atoms with Crippen LogP contribution in [0.4, 0.5) is 5.69 Å². The second-order valence-corrected chi connectivity index (χ2v) is 5.93. The molecule has 2 aromatic carbocycles. The molecule has 0 aromatic heterocycles. The Morgan fingerprint density at radius 3 is 2.70 bits per heavy atom. The minimum atomic E-state index is -0.169. The van der Waals surface area contributed by atoms with Gasteiger partial charge >= 0.3 is 0 Å². The highest BCUT2D eigenvalue weighted by Gasteiger charge is 2.12. The molecule has 0 aliphatic carbocycles. The largest absolute Gasteiger partial charge is 0.330 e. The molecule has 0 saturated carbocycles. The molecule has 2 rings (SSSR count). The summed E-state index contributed by atoms with van der Waals surface area (Å²) in [7, 11) is 0. The fourth-order valence-corrected chi connectivity index (χ4v) is 2.80. The Balaban J connectivity index is 2.24. The van der Waals surface area contributed by atoms with Gasteiger partial charge in [0.25, 0.3) is 5.91 Å². The molecule has 0 unspecified atom stereocenters. The summed E-state index contributed by atoms with van der Waals surface area (Å²) < 4.78 is 1.02. The van der Waals surface area contributed by atoms with Crippen LogP contribution in [0.5, 0.6) is 0 Å². The molecule has 104 valence electrons. The van der Waals surface area contributed by atoms with E-state index in [0.717, 1.165) is 9.13 Å². The maximum Gasteiger partial charge on any atom is 0.255 e. The average molecular weight is 401 g/mol. The Morgan fingerprint density at radius 2 is 2.00 bits per heavy atom. The number of hydrogen-bond acceptors (Lipinski definition) is 2. The van der Waals surface area contributed by atoms with Crippen LogP contribution >= 0.6 is 34.2 Å². The Labute approximate surface area is 136 Å². The molecule has 0 fully saturated rings. The van der Waals surface area contributed by atoms with Crippen molar-refractivity contribution in [1.29, 1.82) is 0 Å². The smallest absolute Gasteiger partial charge is 0.255 e. The van der Waals surface area contributed by atoms with E-state index < -0.39 is 0 Å². The first-order valence-electron chi connectivity index (χ1n) is 6.16. The number of amides is 1. The molecule has 0 aliphatic rings. The second-order valence-electron chi connectivity index (χ2n) is 4.27. The molecule has 0 radical (unpaired) electrons. The van der Waals surface area contributed by atoms with E-state index in [4.69, 9.17) is 17.3 Å². The molecular formula is C15H14ClIN2O. The third-order valence-corrected chi connectivity index (χ3v) is 3.84. The summed E-state index contributed by atoms with van der Waals surface area (Å²) in [6, 6.07) is 13.0. The summed E-state index contributed by atoms with van der Waals surface area (Å²) in [4.78, 5) is 12.3. The number of rotatable bonds is 4. The van der Waals surface area contributed by atoms with E-state index in [2.05, 4.69) is 27.9 Å². The van der Waals surface area contributed by atoms with Crippen molar-refractivity contribution >= 4 is 45.8 Å². The van der Waals surface area contributed by atoms with Crippen molar-refractivity contribution < 1.29 is 4.79 Å². The van der Waals surface area contributed by atoms with E-state index in [0.29, 0.717) is 29.2 Å². The van der Waals surface area contributed by atoms with Crippen LogP contribution in [0.25, 0.3) is 0 Å². The van der Waals surface area contributed by atoms with Gasteiger partial charge in [-0.15, -0.1) is 0 Å². The van der Waals surface area contributed by atoms with Gasteiger partial charge in [0.1, 0.15) is 0 Å². The van der Waals surface area contributed by atoms with Crippen LogP contribution in [0.3, 0.4) is 0 Å². The first kappa shape index (κ1) is 15.3. The molecule has 3 nitrogen and oxygen atoms in total. The lowest BCUT2D eigenvalue weighted by Gasteiger charge is -2.11. The number of nitrogens with two attached hydrogens (primary N) is 1. The van der Waals surface area contributed by atoms with Crippen LogP contribution in [0.15, 0.2) is 42.5 Å². The van der Waals surface area contributed by atoms with Crippen LogP contribution in [0.2, 0.25) is 5.02 Å². The standard InChI is InChI=1S/C15H14ClIN2O/c16-13-9-11(17)5-6-14(13)19-15(20)12-4-2-1-3-10(12)7-8-18/h1-6,9H,7-8,18H2,(H,19,20). The third-order valence-electron chi connectivity index (χ3n) is 2.85. The fourth-order valence-electron chi connectivity index (χ4n) is 1.90. The SMILES string of the molecule is NCCc1ccccc1C(=O)Nc1ccc(I)cc1Cl. The molecule has 1 amide bonds. The minimum Gasteiger partial charge on any atom is -0.330 e. The average Bonchev–Trinajstić information content (AvgIpc) is 2.43. The molecule has 2 aromatic rings. The van der Waals surface area contributed by atoms with Gasteiger partial charge in [-0.1, -0.05) is 29.8 Å². The number of carbonyl (C=O) groups excluding carboxylic acids is 1. The fraction of sp³-hybridized carbons (Fsp3) is 0.133. The van der Waals surface area contributed by atoms with Crippen LogP contribution in [0.1, 0.15) is 15.9 Å². The number of anilines is 1. The maximum absolute atomic E-state index is 12.3. The first-order chi connectivity index (χ1) is 9.61. The number of carbonyl (C=O) groups is 1. The molecule has 20 heavy (non-hydrogen) atoms. The van der Waals surface area contributed by atoms with E-state index in [1.54, 1.807) is 12.1 Å². The third kappa shape index (κ3) is 3.71. The topological polar surface area (TPSA) is 55.1 Å². The normalized spacial score (nSPS) is 10.3.